The first-order valence-electron chi connectivity index (χ1n) is 9.37. The van der Waals surface area contributed by atoms with Gasteiger partial charge in [0, 0.05) is 19.6 Å². The van der Waals surface area contributed by atoms with Crippen LogP contribution in [0.4, 0.5) is 9.18 Å². The number of benzene rings is 1. The number of halogens is 1. The number of aromatic nitrogens is 3. The Morgan fingerprint density at radius 1 is 1.27 bits per heavy atom. The Morgan fingerprint density at radius 2 is 2.15 bits per heavy atom. The van der Waals surface area contributed by atoms with Crippen LogP contribution in [0, 0.1) is 11.7 Å². The third kappa shape index (κ3) is 3.86. The van der Waals surface area contributed by atoms with Crippen molar-refractivity contribution in [2.45, 2.75) is 51.2 Å². The van der Waals surface area contributed by atoms with E-state index in [1.54, 1.807) is 12.4 Å². The topological polar surface area (TPSA) is 63.1 Å². The standard InChI is InChI=1S/C19H24FN5O/c20-16-5-3-4-15(10-16)11-21-19(26)25-9-2-1-6-17(25)18-23-22-13-24(18)12-14-7-8-14/h3-5,10,13-14,17H,1-2,6-9,11-12H2,(H,21,26). The molecule has 2 fully saturated rings. The lowest BCUT2D eigenvalue weighted by Crippen LogP contribution is -2.45. The van der Waals surface area contributed by atoms with Gasteiger partial charge in [-0.3, -0.25) is 0 Å². The van der Waals surface area contributed by atoms with Crippen molar-refractivity contribution in [2.24, 2.45) is 5.92 Å². The van der Waals surface area contributed by atoms with Gasteiger partial charge < -0.3 is 14.8 Å². The highest BCUT2D eigenvalue weighted by Gasteiger charge is 2.32. The van der Waals surface area contributed by atoms with E-state index in [0.717, 1.165) is 43.1 Å². The van der Waals surface area contributed by atoms with E-state index in [1.807, 2.05) is 11.0 Å². The zero-order valence-electron chi connectivity index (χ0n) is 14.8. The Hall–Kier alpha value is -2.44. The zero-order valence-corrected chi connectivity index (χ0v) is 14.8. The molecular weight excluding hydrogens is 333 g/mol. The van der Waals surface area contributed by atoms with Gasteiger partial charge in [0.05, 0.1) is 6.04 Å². The summed E-state index contributed by atoms with van der Waals surface area (Å²) in [5, 5.41) is 11.3. The van der Waals surface area contributed by atoms with E-state index >= 15 is 0 Å². The molecule has 4 rings (SSSR count). The lowest BCUT2D eigenvalue weighted by Gasteiger charge is -2.35. The highest BCUT2D eigenvalue weighted by atomic mass is 19.1. The normalized spacial score (nSPS) is 20.2. The summed E-state index contributed by atoms with van der Waals surface area (Å²) < 4.78 is 15.4. The predicted octanol–water partition coefficient (Wildman–Crippen LogP) is 3.26. The van der Waals surface area contributed by atoms with E-state index in [-0.39, 0.29) is 17.9 Å². The highest BCUT2D eigenvalue weighted by Crippen LogP contribution is 2.34. The summed E-state index contributed by atoms with van der Waals surface area (Å²) in [7, 11) is 0. The number of nitrogens with one attached hydrogen (secondary N) is 1. The average Bonchev–Trinajstić information content (AvgIpc) is 3.35. The molecule has 1 aliphatic carbocycles. The number of piperidine rings is 1. The van der Waals surface area contributed by atoms with Gasteiger partial charge in [-0.25, -0.2) is 9.18 Å². The van der Waals surface area contributed by atoms with Gasteiger partial charge in [0.2, 0.25) is 0 Å². The number of hydrogen-bond donors (Lipinski definition) is 1. The van der Waals surface area contributed by atoms with E-state index in [9.17, 15) is 9.18 Å². The lowest BCUT2D eigenvalue weighted by atomic mass is 10.0. The fourth-order valence-electron chi connectivity index (χ4n) is 3.61. The summed E-state index contributed by atoms with van der Waals surface area (Å²) in [5.41, 5.74) is 0.754. The van der Waals surface area contributed by atoms with Crippen LogP contribution in [0.25, 0.3) is 0 Å². The molecule has 1 aromatic carbocycles. The molecule has 6 nitrogen and oxygen atoms in total. The van der Waals surface area contributed by atoms with Crippen molar-refractivity contribution in [3.05, 3.63) is 47.8 Å². The molecule has 1 saturated carbocycles. The molecule has 0 bridgehead atoms. The van der Waals surface area contributed by atoms with Gasteiger partial charge in [-0.2, -0.15) is 0 Å². The van der Waals surface area contributed by atoms with Gasteiger partial charge in [0.1, 0.15) is 12.1 Å². The van der Waals surface area contributed by atoms with Gasteiger partial charge in [-0.15, -0.1) is 10.2 Å². The van der Waals surface area contributed by atoms with E-state index in [1.165, 1.54) is 25.0 Å². The molecule has 2 amide bonds. The average molecular weight is 357 g/mol. The summed E-state index contributed by atoms with van der Waals surface area (Å²) in [5.74, 6) is 1.32. The van der Waals surface area contributed by atoms with Crippen molar-refractivity contribution in [3.63, 3.8) is 0 Å². The monoisotopic (exact) mass is 357 g/mol. The Morgan fingerprint density at radius 3 is 2.96 bits per heavy atom. The van der Waals surface area contributed by atoms with Crippen molar-refractivity contribution in [2.75, 3.05) is 6.54 Å². The van der Waals surface area contributed by atoms with Crippen LogP contribution in [0.15, 0.2) is 30.6 Å². The molecule has 1 saturated heterocycles. The van der Waals surface area contributed by atoms with Crippen LogP contribution in [-0.2, 0) is 13.1 Å². The van der Waals surface area contributed by atoms with Gasteiger partial charge in [-0.05, 0) is 55.7 Å². The Labute approximate surface area is 152 Å². The highest BCUT2D eigenvalue weighted by molar-refractivity contribution is 5.74. The predicted molar refractivity (Wildman–Crippen MR) is 94.7 cm³/mol. The number of carbonyl (C=O) groups is 1. The number of carbonyl (C=O) groups excluding carboxylic acids is 1. The smallest absolute Gasteiger partial charge is 0.318 e. The van der Waals surface area contributed by atoms with Gasteiger partial charge >= 0.3 is 6.03 Å². The maximum absolute atomic E-state index is 13.3. The fraction of sp³-hybridized carbons (Fsp3) is 0.526. The molecule has 1 aromatic heterocycles. The number of urea groups is 1. The molecule has 1 unspecified atom stereocenters. The Bertz CT molecular complexity index is 773. The van der Waals surface area contributed by atoms with Gasteiger partial charge in [0.25, 0.3) is 0 Å². The van der Waals surface area contributed by atoms with Crippen LogP contribution in [-0.4, -0.2) is 32.2 Å². The number of amides is 2. The van der Waals surface area contributed by atoms with Crippen LogP contribution in [0.3, 0.4) is 0 Å². The Balaban J connectivity index is 1.44. The largest absolute Gasteiger partial charge is 0.334 e. The quantitative estimate of drug-likeness (QED) is 0.893. The summed E-state index contributed by atoms with van der Waals surface area (Å²) >= 11 is 0. The molecule has 7 heteroatoms. The molecule has 2 heterocycles. The summed E-state index contributed by atoms with van der Waals surface area (Å²) in [6.07, 6.45) is 7.28. The third-order valence-corrected chi connectivity index (χ3v) is 5.19. The third-order valence-electron chi connectivity index (χ3n) is 5.19. The molecule has 0 spiro atoms. The van der Waals surface area contributed by atoms with Crippen LogP contribution >= 0.6 is 0 Å². The molecule has 1 N–H and O–H groups in total. The summed E-state index contributed by atoms with van der Waals surface area (Å²) in [6, 6.07) is 6.14. The number of rotatable bonds is 5. The van der Waals surface area contributed by atoms with E-state index in [4.69, 9.17) is 0 Å². The maximum atomic E-state index is 13.3. The minimum atomic E-state index is -0.291. The van der Waals surface area contributed by atoms with Crippen molar-refractivity contribution < 1.29 is 9.18 Å². The molecule has 1 atom stereocenters. The molecule has 2 aromatic rings. The second-order valence-electron chi connectivity index (χ2n) is 7.28. The molecule has 2 aliphatic rings. The van der Waals surface area contributed by atoms with Crippen molar-refractivity contribution in [1.29, 1.82) is 0 Å². The minimum absolute atomic E-state index is 0.0440. The van der Waals surface area contributed by atoms with Crippen LogP contribution in [0.1, 0.15) is 49.5 Å². The number of likely N-dealkylation sites (tertiary alicyclic amines) is 1. The van der Waals surface area contributed by atoms with Crippen LogP contribution in [0.5, 0.6) is 0 Å². The maximum Gasteiger partial charge on any atom is 0.318 e. The SMILES string of the molecule is O=C(NCc1cccc(F)c1)N1CCCCC1c1nncn1CC1CC1. The first-order chi connectivity index (χ1) is 12.7. The van der Waals surface area contributed by atoms with Gasteiger partial charge in [-0.1, -0.05) is 12.1 Å². The van der Waals surface area contributed by atoms with Crippen LogP contribution < -0.4 is 5.32 Å². The molecular formula is C19H24FN5O. The first-order valence-corrected chi connectivity index (χ1v) is 9.37. The van der Waals surface area contributed by atoms with Crippen molar-refractivity contribution in [3.8, 4) is 0 Å². The molecule has 0 radical (unpaired) electrons. The molecule has 26 heavy (non-hydrogen) atoms. The summed E-state index contributed by atoms with van der Waals surface area (Å²) in [6.45, 7) is 1.96. The molecule has 138 valence electrons. The number of nitrogens with zero attached hydrogens (tertiary/aromatic N) is 4. The second kappa shape index (κ2) is 7.43. The van der Waals surface area contributed by atoms with E-state index < -0.39 is 0 Å². The number of hydrogen-bond acceptors (Lipinski definition) is 3. The van der Waals surface area contributed by atoms with Crippen molar-refractivity contribution >= 4 is 6.03 Å². The van der Waals surface area contributed by atoms with E-state index in [0.29, 0.717) is 13.1 Å². The molecule has 1 aliphatic heterocycles. The van der Waals surface area contributed by atoms with Crippen LogP contribution in [0.2, 0.25) is 0 Å². The second-order valence-corrected chi connectivity index (χ2v) is 7.28. The zero-order chi connectivity index (χ0) is 17.9. The van der Waals surface area contributed by atoms with Gasteiger partial charge in [0.15, 0.2) is 5.82 Å². The lowest BCUT2D eigenvalue weighted by molar-refractivity contribution is 0.145. The fourth-order valence-corrected chi connectivity index (χ4v) is 3.61. The summed E-state index contributed by atoms with van der Waals surface area (Å²) in [4.78, 5) is 14.6. The first kappa shape index (κ1) is 17.0. The van der Waals surface area contributed by atoms with E-state index in [2.05, 4.69) is 20.1 Å². The van der Waals surface area contributed by atoms with Crippen molar-refractivity contribution in [1.82, 2.24) is 25.0 Å². The minimum Gasteiger partial charge on any atom is -0.334 e. The Kier molecular flexibility index (Phi) is 4.86.